The van der Waals surface area contributed by atoms with E-state index in [0.717, 1.165) is 16.0 Å². The molecule has 4 aromatic rings. The Bertz CT molecular complexity index is 1370. The van der Waals surface area contributed by atoms with E-state index >= 15 is 0 Å². The Morgan fingerprint density at radius 1 is 1.03 bits per heavy atom. The molecule has 0 atom stereocenters. The topological polar surface area (TPSA) is 146 Å². The predicted molar refractivity (Wildman–Crippen MR) is 137 cm³/mol. The molecule has 2 amide bonds. The maximum absolute atomic E-state index is 12.4. The van der Waals surface area contributed by atoms with E-state index in [1.165, 1.54) is 11.9 Å². The highest BCUT2D eigenvalue weighted by atomic mass is 32.2. The van der Waals surface area contributed by atoms with E-state index in [-0.39, 0.29) is 23.3 Å². The molecule has 2 aromatic heterocycles. The van der Waals surface area contributed by atoms with E-state index in [9.17, 15) is 14.4 Å². The van der Waals surface area contributed by atoms with Gasteiger partial charge in [0.2, 0.25) is 11.9 Å². The second-order valence-corrected chi connectivity index (χ2v) is 8.87. The van der Waals surface area contributed by atoms with Crippen LogP contribution < -0.4 is 21.3 Å². The Kier molecular flexibility index (Phi) is 7.84. The summed E-state index contributed by atoms with van der Waals surface area (Å²) >= 11 is 1.28. The smallest absolute Gasteiger partial charge is 0.262 e. The molecule has 0 unspecified atom stereocenters. The van der Waals surface area contributed by atoms with Crippen LogP contribution in [0.2, 0.25) is 0 Å². The molecule has 10 heteroatoms. The Morgan fingerprint density at radius 2 is 1.80 bits per heavy atom. The zero-order valence-corrected chi connectivity index (χ0v) is 19.8. The molecular weight excluding hydrogens is 464 g/mol. The van der Waals surface area contributed by atoms with Gasteiger partial charge in [-0.1, -0.05) is 30.3 Å². The first kappa shape index (κ1) is 24.1. The van der Waals surface area contributed by atoms with Gasteiger partial charge in [0, 0.05) is 29.6 Å². The van der Waals surface area contributed by atoms with Gasteiger partial charge in [-0.25, -0.2) is 0 Å². The van der Waals surface area contributed by atoms with Crippen molar-refractivity contribution in [2.45, 2.75) is 30.6 Å². The molecule has 180 valence electrons. The highest BCUT2D eigenvalue weighted by Gasteiger charge is 2.11. The summed E-state index contributed by atoms with van der Waals surface area (Å²) in [4.78, 5) is 47.1. The lowest BCUT2D eigenvalue weighted by molar-refractivity contribution is -0.119. The number of nitrogens with one attached hydrogen (secondary N) is 4. The quantitative estimate of drug-likeness (QED) is 0.171. The van der Waals surface area contributed by atoms with E-state index in [0.29, 0.717) is 48.8 Å². The van der Waals surface area contributed by atoms with Crippen molar-refractivity contribution >= 4 is 40.7 Å². The summed E-state index contributed by atoms with van der Waals surface area (Å²) < 4.78 is 2.80. The fourth-order valence-electron chi connectivity index (χ4n) is 3.63. The molecule has 0 aliphatic rings. The van der Waals surface area contributed by atoms with Crippen molar-refractivity contribution in [2.75, 3.05) is 12.3 Å². The largest absolute Gasteiger partial charge is 0.369 e. The summed E-state index contributed by atoms with van der Waals surface area (Å²) in [5.41, 5.74) is 8.26. The summed E-state index contributed by atoms with van der Waals surface area (Å²) in [6.45, 7) is 0.414. The molecule has 0 aliphatic heterocycles. The average molecular weight is 491 g/mol. The molecule has 2 aromatic carbocycles. The summed E-state index contributed by atoms with van der Waals surface area (Å²) in [7, 11) is 0. The van der Waals surface area contributed by atoms with Gasteiger partial charge in [-0.15, -0.1) is 0 Å². The van der Waals surface area contributed by atoms with Gasteiger partial charge in [-0.2, -0.15) is 4.98 Å². The van der Waals surface area contributed by atoms with E-state index < -0.39 is 0 Å². The molecule has 0 spiro atoms. The number of fused-ring (bicyclic) bond motifs is 1. The van der Waals surface area contributed by atoms with Crippen molar-refractivity contribution in [1.29, 1.82) is 0 Å². The zero-order valence-electron chi connectivity index (χ0n) is 19.0. The highest BCUT2D eigenvalue weighted by Crippen LogP contribution is 2.16. The van der Waals surface area contributed by atoms with Gasteiger partial charge in [0.25, 0.3) is 11.5 Å². The van der Waals surface area contributed by atoms with Crippen molar-refractivity contribution < 1.29 is 9.59 Å². The number of hydrogen-bond donors (Lipinski definition) is 5. The lowest BCUT2D eigenvalue weighted by Gasteiger charge is -2.07. The normalized spacial score (nSPS) is 10.9. The van der Waals surface area contributed by atoms with Crippen LogP contribution in [0.5, 0.6) is 0 Å². The summed E-state index contributed by atoms with van der Waals surface area (Å²) in [6, 6.07) is 17.0. The SMILES string of the molecule is Nc1nc2[nH]cc(CCc3ccc(C(=O)NCCCC(=O)NSc4ccccc4)cc3)c2c(=O)[nH]1. The first-order chi connectivity index (χ1) is 17.0. The van der Waals surface area contributed by atoms with Gasteiger partial charge in [0.05, 0.1) is 5.39 Å². The number of carbonyl (C=O) groups excluding carboxylic acids is 2. The van der Waals surface area contributed by atoms with Crippen molar-refractivity contribution in [3.8, 4) is 0 Å². The van der Waals surface area contributed by atoms with Crippen molar-refractivity contribution in [3.05, 3.63) is 87.8 Å². The minimum absolute atomic E-state index is 0.0751. The van der Waals surface area contributed by atoms with Crippen LogP contribution in [0.25, 0.3) is 11.0 Å². The lowest BCUT2D eigenvalue weighted by Crippen LogP contribution is -2.25. The van der Waals surface area contributed by atoms with Crippen LogP contribution in [-0.4, -0.2) is 33.3 Å². The highest BCUT2D eigenvalue weighted by molar-refractivity contribution is 7.98. The summed E-state index contributed by atoms with van der Waals surface area (Å²) in [5.74, 6) is -0.175. The minimum Gasteiger partial charge on any atom is -0.369 e. The second kappa shape index (κ2) is 11.4. The Hall–Kier alpha value is -4.05. The minimum atomic E-state index is -0.261. The maximum Gasteiger partial charge on any atom is 0.262 e. The van der Waals surface area contributed by atoms with Crippen LogP contribution in [0.1, 0.15) is 34.3 Å². The van der Waals surface area contributed by atoms with Crippen LogP contribution in [0.15, 0.2) is 70.5 Å². The molecule has 35 heavy (non-hydrogen) atoms. The van der Waals surface area contributed by atoms with E-state index in [4.69, 9.17) is 5.73 Å². The molecule has 2 heterocycles. The van der Waals surface area contributed by atoms with Crippen molar-refractivity contribution in [2.24, 2.45) is 0 Å². The number of aryl methyl sites for hydroxylation is 2. The molecule has 0 bridgehead atoms. The number of aromatic amines is 2. The van der Waals surface area contributed by atoms with E-state index in [1.807, 2.05) is 42.5 Å². The molecule has 0 fully saturated rings. The van der Waals surface area contributed by atoms with E-state index in [1.54, 1.807) is 18.3 Å². The van der Waals surface area contributed by atoms with Gasteiger partial charge in [0.15, 0.2) is 0 Å². The number of anilines is 1. The van der Waals surface area contributed by atoms with Gasteiger partial charge in [-0.3, -0.25) is 24.1 Å². The van der Waals surface area contributed by atoms with Gasteiger partial charge in [-0.05, 0) is 66.6 Å². The third kappa shape index (κ3) is 6.51. The average Bonchev–Trinajstić information content (AvgIpc) is 3.28. The Balaban J connectivity index is 1.20. The predicted octanol–water partition coefficient (Wildman–Crippen LogP) is 2.95. The number of carbonyl (C=O) groups is 2. The molecule has 0 saturated carbocycles. The van der Waals surface area contributed by atoms with Crippen LogP contribution in [0.3, 0.4) is 0 Å². The van der Waals surface area contributed by atoms with Gasteiger partial charge < -0.3 is 16.0 Å². The first-order valence-corrected chi connectivity index (χ1v) is 12.0. The van der Waals surface area contributed by atoms with Crippen LogP contribution >= 0.6 is 11.9 Å². The fourth-order valence-corrected chi connectivity index (χ4v) is 4.25. The number of benzene rings is 2. The van der Waals surface area contributed by atoms with E-state index in [2.05, 4.69) is 25.0 Å². The molecule has 4 rings (SSSR count). The maximum atomic E-state index is 12.4. The molecular formula is C25H26N6O3S. The first-order valence-electron chi connectivity index (χ1n) is 11.2. The number of nitrogen functional groups attached to an aromatic ring is 1. The Morgan fingerprint density at radius 3 is 2.57 bits per heavy atom. The Labute approximate surface area is 206 Å². The number of aromatic nitrogens is 3. The number of H-pyrrole nitrogens is 2. The molecule has 0 aliphatic carbocycles. The molecule has 0 radical (unpaired) electrons. The second-order valence-electron chi connectivity index (χ2n) is 7.99. The van der Waals surface area contributed by atoms with Crippen LogP contribution in [0, 0.1) is 0 Å². The summed E-state index contributed by atoms with van der Waals surface area (Å²) in [5, 5.41) is 3.36. The molecule has 0 saturated heterocycles. The number of nitrogens with two attached hydrogens (primary N) is 1. The van der Waals surface area contributed by atoms with Gasteiger partial charge in [0.1, 0.15) is 5.65 Å². The van der Waals surface area contributed by atoms with Crippen molar-refractivity contribution in [1.82, 2.24) is 25.0 Å². The van der Waals surface area contributed by atoms with Gasteiger partial charge >= 0.3 is 0 Å². The number of nitrogens with zero attached hydrogens (tertiary/aromatic N) is 1. The van der Waals surface area contributed by atoms with Crippen LogP contribution in [-0.2, 0) is 17.6 Å². The zero-order chi connectivity index (χ0) is 24.6. The number of hydrogen-bond acceptors (Lipinski definition) is 6. The van der Waals surface area contributed by atoms with Crippen molar-refractivity contribution in [3.63, 3.8) is 0 Å². The fraction of sp³-hybridized carbons (Fsp3) is 0.200. The molecule has 6 N–H and O–H groups in total. The summed E-state index contributed by atoms with van der Waals surface area (Å²) in [6.07, 6.45) is 4.00. The molecule has 9 nitrogen and oxygen atoms in total. The lowest BCUT2D eigenvalue weighted by atomic mass is 10.0. The number of rotatable bonds is 10. The third-order valence-corrected chi connectivity index (χ3v) is 6.27. The third-order valence-electron chi connectivity index (χ3n) is 5.43. The monoisotopic (exact) mass is 490 g/mol. The van der Waals surface area contributed by atoms with Crippen LogP contribution in [0.4, 0.5) is 5.95 Å². The standard InChI is InChI=1S/C25H26N6O3S/c26-25-29-22-21(24(34)30-25)18(15-28-22)13-10-16-8-11-17(12-9-16)23(33)27-14-4-7-20(32)31-35-19-5-2-1-3-6-19/h1-3,5-6,8-9,11-12,15H,4,7,10,13-14H2,(H,27,33)(H,31,32)(H4,26,28,29,30,34). The number of amides is 2.